The molecule has 2 aliphatic carbocycles. The Hall–Kier alpha value is -2.49. The van der Waals surface area contributed by atoms with Crippen molar-refractivity contribution in [2.45, 2.75) is 43.4 Å². The number of anilines is 2. The standard InChI is InChI=1S/C20H22F3N7/c21-20(22,23)9-29-8-11-3-16(29)17(11)15-4-14(12-5-25-18(24)26-6-12)27-19(28-15)30-7-10-1-13(30)2-10/h4-6,10-11,13,16-17H,1-3,7-9H2,(H2,24,25,26)/t10?,11-,13?,16?,17?/m0/s1. The summed E-state index contributed by atoms with van der Waals surface area (Å²) < 4.78 is 38.9. The molecule has 8 rings (SSSR count). The number of alkyl halides is 3. The minimum absolute atomic E-state index is 0.0140. The van der Waals surface area contributed by atoms with Crippen molar-refractivity contribution in [3.05, 3.63) is 24.2 Å². The van der Waals surface area contributed by atoms with Crippen molar-refractivity contribution in [1.29, 1.82) is 0 Å². The minimum Gasteiger partial charge on any atom is -0.368 e. The van der Waals surface area contributed by atoms with E-state index in [1.807, 2.05) is 6.07 Å². The highest BCUT2D eigenvalue weighted by Crippen LogP contribution is 2.53. The van der Waals surface area contributed by atoms with E-state index in [2.05, 4.69) is 14.9 Å². The minimum atomic E-state index is -4.18. The number of rotatable bonds is 4. The summed E-state index contributed by atoms with van der Waals surface area (Å²) in [5, 5.41) is 0. The van der Waals surface area contributed by atoms with Gasteiger partial charge in [0.15, 0.2) is 0 Å². The zero-order valence-electron chi connectivity index (χ0n) is 16.3. The Labute approximate surface area is 171 Å². The van der Waals surface area contributed by atoms with Crippen LogP contribution in [0.25, 0.3) is 11.3 Å². The molecular weight excluding hydrogens is 395 g/mol. The van der Waals surface area contributed by atoms with Gasteiger partial charge in [-0.1, -0.05) is 0 Å². The summed E-state index contributed by atoms with van der Waals surface area (Å²) in [5.41, 5.74) is 7.89. The normalized spacial score (nSPS) is 32.2. The van der Waals surface area contributed by atoms with Crippen LogP contribution in [0, 0.1) is 11.8 Å². The molecule has 2 unspecified atom stereocenters. The molecule has 0 aromatic carbocycles. The Balaban J connectivity index is 1.36. The maximum atomic E-state index is 13.0. The van der Waals surface area contributed by atoms with Crippen LogP contribution in [0.3, 0.4) is 0 Å². The fourth-order valence-corrected chi connectivity index (χ4v) is 5.72. The topological polar surface area (TPSA) is 84.1 Å². The SMILES string of the molecule is Nc1ncc(-c2cc(C3C4C[C@H]3CN4CC(F)(F)F)nc(N3CC4CC3C4)n2)cn1. The molecule has 0 amide bonds. The van der Waals surface area contributed by atoms with Gasteiger partial charge in [-0.2, -0.15) is 13.2 Å². The Kier molecular flexibility index (Phi) is 3.82. The molecule has 4 saturated heterocycles. The van der Waals surface area contributed by atoms with Gasteiger partial charge in [0.05, 0.1) is 17.9 Å². The van der Waals surface area contributed by atoms with E-state index in [1.54, 1.807) is 17.3 Å². The third kappa shape index (κ3) is 2.91. The van der Waals surface area contributed by atoms with E-state index in [1.165, 1.54) is 12.8 Å². The third-order valence-electron chi connectivity index (χ3n) is 7.19. The number of nitrogen functional groups attached to an aromatic ring is 1. The van der Waals surface area contributed by atoms with E-state index >= 15 is 0 Å². The fraction of sp³-hybridized carbons (Fsp3) is 0.600. The first-order valence-corrected chi connectivity index (χ1v) is 10.4. The van der Waals surface area contributed by atoms with Crippen LogP contribution in [0.1, 0.15) is 30.9 Å². The lowest BCUT2D eigenvalue weighted by molar-refractivity contribution is -0.146. The molecule has 6 heterocycles. The lowest BCUT2D eigenvalue weighted by atomic mass is 9.71. The van der Waals surface area contributed by atoms with Gasteiger partial charge in [0.2, 0.25) is 11.9 Å². The van der Waals surface area contributed by atoms with Gasteiger partial charge in [0.25, 0.3) is 0 Å². The van der Waals surface area contributed by atoms with Crippen LogP contribution >= 0.6 is 0 Å². The van der Waals surface area contributed by atoms with Crippen LogP contribution < -0.4 is 10.6 Å². The average molecular weight is 417 g/mol. The number of hydrogen-bond acceptors (Lipinski definition) is 7. The van der Waals surface area contributed by atoms with Gasteiger partial charge < -0.3 is 10.6 Å². The van der Waals surface area contributed by atoms with Crippen molar-refractivity contribution < 1.29 is 13.2 Å². The van der Waals surface area contributed by atoms with Crippen LogP contribution in [0.4, 0.5) is 25.1 Å². The predicted octanol–water partition coefficient (Wildman–Crippen LogP) is 2.46. The van der Waals surface area contributed by atoms with E-state index in [0.717, 1.165) is 24.2 Å². The fourth-order valence-electron chi connectivity index (χ4n) is 5.72. The monoisotopic (exact) mass is 417 g/mol. The van der Waals surface area contributed by atoms with Gasteiger partial charge in [0.1, 0.15) is 0 Å². The average Bonchev–Trinajstić information content (AvgIpc) is 3.38. The molecule has 7 nitrogen and oxygen atoms in total. The molecule has 4 bridgehead atoms. The number of fused-ring (bicyclic) bond motifs is 2. The molecule has 0 radical (unpaired) electrons. The molecule has 6 fully saturated rings. The van der Waals surface area contributed by atoms with E-state index < -0.39 is 12.7 Å². The Bertz CT molecular complexity index is 973. The summed E-state index contributed by atoms with van der Waals surface area (Å²) in [6, 6.07) is 2.27. The first-order valence-electron chi connectivity index (χ1n) is 10.4. The highest BCUT2D eigenvalue weighted by atomic mass is 19.4. The lowest BCUT2D eigenvalue weighted by Gasteiger charge is -2.37. The quantitative estimate of drug-likeness (QED) is 0.818. The number of nitrogens with zero attached hydrogens (tertiary/aromatic N) is 6. The van der Waals surface area contributed by atoms with Crippen LogP contribution in [0.2, 0.25) is 0 Å². The number of halogens is 3. The first-order chi connectivity index (χ1) is 14.3. The molecule has 2 saturated carbocycles. The molecule has 2 aromatic rings. The van der Waals surface area contributed by atoms with Crippen LogP contribution in [0.5, 0.6) is 0 Å². The largest absolute Gasteiger partial charge is 0.401 e. The smallest absolute Gasteiger partial charge is 0.368 e. The maximum absolute atomic E-state index is 13.0. The highest BCUT2D eigenvalue weighted by molar-refractivity contribution is 5.60. The molecule has 2 aromatic heterocycles. The van der Waals surface area contributed by atoms with Crippen LogP contribution in [-0.2, 0) is 0 Å². The lowest BCUT2D eigenvalue weighted by Crippen LogP contribution is -2.41. The predicted molar refractivity (Wildman–Crippen MR) is 104 cm³/mol. The van der Waals surface area contributed by atoms with Crippen molar-refractivity contribution in [3.8, 4) is 11.3 Å². The van der Waals surface area contributed by atoms with Crippen molar-refractivity contribution >= 4 is 11.9 Å². The molecule has 158 valence electrons. The summed E-state index contributed by atoms with van der Waals surface area (Å²) >= 11 is 0. The molecular formula is C20H22F3N7. The molecule has 3 atom stereocenters. The molecule has 6 aliphatic rings. The number of hydrogen-bond donors (Lipinski definition) is 1. The Morgan fingerprint density at radius 3 is 2.50 bits per heavy atom. The van der Waals surface area contributed by atoms with Crippen LogP contribution in [0.15, 0.2) is 18.5 Å². The second-order valence-electron chi connectivity index (χ2n) is 9.09. The van der Waals surface area contributed by atoms with Crippen molar-refractivity contribution in [2.75, 3.05) is 30.3 Å². The van der Waals surface area contributed by atoms with E-state index in [0.29, 0.717) is 30.1 Å². The summed E-state index contributed by atoms with van der Waals surface area (Å²) in [6.07, 6.45) is 2.22. The molecule has 2 N–H and O–H groups in total. The highest BCUT2D eigenvalue weighted by Gasteiger charge is 2.55. The molecule has 4 aliphatic heterocycles. The van der Waals surface area contributed by atoms with Gasteiger partial charge in [-0.25, -0.2) is 19.9 Å². The summed E-state index contributed by atoms with van der Waals surface area (Å²) in [5.74, 6) is 1.79. The number of nitrogens with two attached hydrogens (primary N) is 1. The molecule has 0 spiro atoms. The second kappa shape index (κ2) is 6.26. The van der Waals surface area contributed by atoms with Gasteiger partial charge in [-0.15, -0.1) is 0 Å². The van der Waals surface area contributed by atoms with E-state index in [9.17, 15) is 13.2 Å². The second-order valence-corrected chi connectivity index (χ2v) is 9.09. The Morgan fingerprint density at radius 1 is 1.07 bits per heavy atom. The molecule has 30 heavy (non-hydrogen) atoms. The summed E-state index contributed by atoms with van der Waals surface area (Å²) in [6.45, 7) is 0.573. The van der Waals surface area contributed by atoms with Crippen LogP contribution in [-0.4, -0.2) is 62.7 Å². The van der Waals surface area contributed by atoms with Crippen molar-refractivity contribution in [3.63, 3.8) is 0 Å². The van der Waals surface area contributed by atoms with Gasteiger partial charge >= 0.3 is 6.18 Å². The number of aromatic nitrogens is 4. The summed E-state index contributed by atoms with van der Waals surface area (Å²) in [4.78, 5) is 21.6. The third-order valence-corrected chi connectivity index (χ3v) is 7.19. The van der Waals surface area contributed by atoms with Gasteiger partial charge in [0, 0.05) is 49.0 Å². The maximum Gasteiger partial charge on any atom is 0.401 e. The van der Waals surface area contributed by atoms with Crippen molar-refractivity contribution in [1.82, 2.24) is 24.8 Å². The van der Waals surface area contributed by atoms with E-state index in [4.69, 9.17) is 15.7 Å². The first kappa shape index (κ1) is 18.3. The summed E-state index contributed by atoms with van der Waals surface area (Å²) in [7, 11) is 0. The Morgan fingerprint density at radius 2 is 1.83 bits per heavy atom. The van der Waals surface area contributed by atoms with Gasteiger partial charge in [-0.05, 0) is 37.2 Å². The van der Waals surface area contributed by atoms with Crippen molar-refractivity contribution in [2.24, 2.45) is 11.8 Å². The van der Waals surface area contributed by atoms with Gasteiger partial charge in [-0.3, -0.25) is 4.90 Å². The molecule has 10 heteroatoms. The zero-order chi connectivity index (χ0) is 20.6. The zero-order valence-corrected chi connectivity index (χ0v) is 16.3. The van der Waals surface area contributed by atoms with E-state index in [-0.39, 0.29) is 23.8 Å².